The number of benzene rings is 1. The second-order valence-corrected chi connectivity index (χ2v) is 5.50. The highest BCUT2D eigenvalue weighted by Gasteiger charge is 2.21. The lowest BCUT2D eigenvalue weighted by atomic mass is 10.0. The summed E-state index contributed by atoms with van der Waals surface area (Å²) in [7, 11) is 0. The number of aromatic nitrogens is 2. The molecule has 0 spiro atoms. The summed E-state index contributed by atoms with van der Waals surface area (Å²) in [5.74, 6) is 0.463. The first kappa shape index (κ1) is 12.7. The van der Waals surface area contributed by atoms with Gasteiger partial charge in [0.15, 0.2) is 5.82 Å². The highest BCUT2D eigenvalue weighted by molar-refractivity contribution is 9.10. The summed E-state index contributed by atoms with van der Waals surface area (Å²) < 4.78 is 19.7. The molecule has 100 valence electrons. The summed E-state index contributed by atoms with van der Waals surface area (Å²) in [6.45, 7) is 0.960. The highest BCUT2D eigenvalue weighted by Crippen LogP contribution is 2.27. The number of hydrogen-bond donors (Lipinski definition) is 1. The van der Waals surface area contributed by atoms with Crippen molar-refractivity contribution >= 4 is 15.9 Å². The fourth-order valence-electron chi connectivity index (χ4n) is 2.22. The van der Waals surface area contributed by atoms with E-state index in [0.717, 1.165) is 19.4 Å². The van der Waals surface area contributed by atoms with Crippen molar-refractivity contribution in [2.75, 3.05) is 6.54 Å². The van der Waals surface area contributed by atoms with Gasteiger partial charge in [0.25, 0.3) is 5.89 Å². The summed E-state index contributed by atoms with van der Waals surface area (Å²) in [6.07, 6.45) is 3.30. The van der Waals surface area contributed by atoms with Crippen molar-refractivity contribution in [1.82, 2.24) is 15.5 Å². The molecule has 1 saturated heterocycles. The van der Waals surface area contributed by atoms with Crippen molar-refractivity contribution < 1.29 is 8.91 Å². The lowest BCUT2D eigenvalue weighted by Crippen LogP contribution is -2.27. The zero-order valence-electron chi connectivity index (χ0n) is 10.2. The summed E-state index contributed by atoms with van der Waals surface area (Å²) in [6, 6.07) is 4.88. The van der Waals surface area contributed by atoms with Crippen LogP contribution in [0, 0.1) is 5.82 Å². The van der Waals surface area contributed by atoms with E-state index in [1.165, 1.54) is 12.5 Å². The van der Waals surface area contributed by atoms with Gasteiger partial charge in [0.2, 0.25) is 0 Å². The second-order valence-electron chi connectivity index (χ2n) is 4.58. The van der Waals surface area contributed by atoms with Crippen LogP contribution in [0.25, 0.3) is 11.5 Å². The van der Waals surface area contributed by atoms with Crippen molar-refractivity contribution in [3.8, 4) is 11.5 Å². The van der Waals surface area contributed by atoms with Crippen LogP contribution in [0.1, 0.15) is 31.1 Å². The number of nitrogens with zero attached hydrogens (tertiary/aromatic N) is 2. The Labute approximate surface area is 118 Å². The molecule has 1 N–H and O–H groups in total. The molecule has 2 aromatic rings. The molecule has 1 fully saturated rings. The maximum atomic E-state index is 13.8. The first-order valence-corrected chi connectivity index (χ1v) is 7.06. The Morgan fingerprint density at radius 2 is 2.26 bits per heavy atom. The molecule has 2 heterocycles. The minimum absolute atomic E-state index is 0.116. The van der Waals surface area contributed by atoms with E-state index in [1.54, 1.807) is 12.1 Å². The molecule has 0 amide bonds. The number of hydrogen-bond acceptors (Lipinski definition) is 4. The van der Waals surface area contributed by atoms with Crippen LogP contribution in [0.15, 0.2) is 27.2 Å². The first-order valence-electron chi connectivity index (χ1n) is 6.26. The van der Waals surface area contributed by atoms with E-state index in [9.17, 15) is 4.39 Å². The Morgan fingerprint density at radius 1 is 1.37 bits per heavy atom. The number of halogens is 2. The quantitative estimate of drug-likeness (QED) is 0.918. The average Bonchev–Trinajstić information content (AvgIpc) is 2.89. The molecular formula is C13H13BrFN3O. The number of nitrogens with one attached hydrogen (secondary N) is 1. The van der Waals surface area contributed by atoms with E-state index < -0.39 is 0 Å². The van der Waals surface area contributed by atoms with Crippen molar-refractivity contribution in [3.63, 3.8) is 0 Å². The molecular weight excluding hydrogens is 313 g/mol. The normalized spacial score (nSPS) is 19.6. The third-order valence-electron chi connectivity index (χ3n) is 3.23. The van der Waals surface area contributed by atoms with E-state index in [2.05, 4.69) is 31.4 Å². The van der Waals surface area contributed by atoms with Gasteiger partial charge in [-0.25, -0.2) is 4.39 Å². The molecule has 1 aliphatic rings. The Bertz CT molecular complexity index is 581. The van der Waals surface area contributed by atoms with Crippen LogP contribution in [0.2, 0.25) is 0 Å². The summed E-state index contributed by atoms with van der Waals surface area (Å²) >= 11 is 3.22. The summed E-state index contributed by atoms with van der Waals surface area (Å²) in [5.41, 5.74) is 0.331. The molecule has 0 radical (unpaired) electrons. The predicted octanol–water partition coefficient (Wildman–Crippen LogP) is 3.45. The molecule has 4 nitrogen and oxygen atoms in total. The van der Waals surface area contributed by atoms with Crippen LogP contribution < -0.4 is 5.32 Å². The molecule has 3 rings (SSSR count). The Morgan fingerprint density at radius 3 is 3.00 bits per heavy atom. The van der Waals surface area contributed by atoms with Crippen molar-refractivity contribution in [3.05, 3.63) is 34.3 Å². The fraction of sp³-hybridized carbons (Fsp3) is 0.385. The number of piperidine rings is 1. The molecule has 1 unspecified atom stereocenters. The summed E-state index contributed by atoms with van der Waals surface area (Å²) in [5, 5.41) is 7.29. The maximum absolute atomic E-state index is 13.8. The smallest absolute Gasteiger partial charge is 0.260 e. The SMILES string of the molecule is Fc1cc(Br)ccc1-c1nc(C2CCCCN2)no1. The van der Waals surface area contributed by atoms with Crippen LogP contribution in [0.3, 0.4) is 0 Å². The van der Waals surface area contributed by atoms with Gasteiger partial charge < -0.3 is 9.84 Å². The van der Waals surface area contributed by atoms with Gasteiger partial charge in [-0.1, -0.05) is 27.5 Å². The third-order valence-corrected chi connectivity index (χ3v) is 3.72. The Balaban J connectivity index is 1.87. The van der Waals surface area contributed by atoms with Crippen molar-refractivity contribution in [2.24, 2.45) is 0 Å². The van der Waals surface area contributed by atoms with Gasteiger partial charge in [-0.3, -0.25) is 0 Å². The molecule has 19 heavy (non-hydrogen) atoms. The molecule has 0 saturated carbocycles. The van der Waals surface area contributed by atoms with E-state index in [0.29, 0.717) is 15.9 Å². The highest BCUT2D eigenvalue weighted by atomic mass is 79.9. The van der Waals surface area contributed by atoms with Gasteiger partial charge >= 0.3 is 0 Å². The van der Waals surface area contributed by atoms with Gasteiger partial charge in [-0.05, 0) is 37.6 Å². The Kier molecular flexibility index (Phi) is 3.61. The van der Waals surface area contributed by atoms with Crippen LogP contribution in [0.4, 0.5) is 4.39 Å². The minimum atomic E-state index is -0.374. The zero-order chi connectivity index (χ0) is 13.2. The molecule has 1 aromatic carbocycles. The molecule has 1 atom stereocenters. The van der Waals surface area contributed by atoms with E-state index in [4.69, 9.17) is 4.52 Å². The largest absolute Gasteiger partial charge is 0.334 e. The van der Waals surface area contributed by atoms with E-state index in [-0.39, 0.29) is 17.7 Å². The topological polar surface area (TPSA) is 51.0 Å². The van der Waals surface area contributed by atoms with Crippen LogP contribution >= 0.6 is 15.9 Å². The fourth-order valence-corrected chi connectivity index (χ4v) is 2.55. The molecule has 6 heteroatoms. The van der Waals surface area contributed by atoms with Crippen LogP contribution in [-0.4, -0.2) is 16.7 Å². The zero-order valence-corrected chi connectivity index (χ0v) is 11.8. The van der Waals surface area contributed by atoms with Gasteiger partial charge in [0, 0.05) is 4.47 Å². The van der Waals surface area contributed by atoms with Crippen LogP contribution in [0.5, 0.6) is 0 Å². The van der Waals surface area contributed by atoms with Gasteiger partial charge in [-0.15, -0.1) is 0 Å². The summed E-state index contributed by atoms with van der Waals surface area (Å²) in [4.78, 5) is 4.30. The van der Waals surface area contributed by atoms with Crippen molar-refractivity contribution in [1.29, 1.82) is 0 Å². The van der Waals surface area contributed by atoms with Gasteiger partial charge in [0.1, 0.15) is 5.82 Å². The van der Waals surface area contributed by atoms with E-state index >= 15 is 0 Å². The van der Waals surface area contributed by atoms with E-state index in [1.807, 2.05) is 0 Å². The minimum Gasteiger partial charge on any atom is -0.334 e. The molecule has 1 aliphatic heterocycles. The van der Waals surface area contributed by atoms with Crippen LogP contribution in [-0.2, 0) is 0 Å². The second kappa shape index (κ2) is 5.38. The third kappa shape index (κ3) is 2.69. The standard InChI is InChI=1S/C13H13BrFN3O/c14-8-4-5-9(10(15)7-8)13-17-12(18-19-13)11-3-1-2-6-16-11/h4-5,7,11,16H,1-3,6H2. The number of rotatable bonds is 2. The maximum Gasteiger partial charge on any atom is 0.260 e. The predicted molar refractivity (Wildman–Crippen MR) is 72.0 cm³/mol. The molecule has 1 aromatic heterocycles. The van der Waals surface area contributed by atoms with Crippen molar-refractivity contribution in [2.45, 2.75) is 25.3 Å². The monoisotopic (exact) mass is 325 g/mol. The lowest BCUT2D eigenvalue weighted by molar-refractivity contribution is 0.366. The van der Waals surface area contributed by atoms with Gasteiger partial charge in [0.05, 0.1) is 11.6 Å². The lowest BCUT2D eigenvalue weighted by Gasteiger charge is -2.19. The molecule has 0 aliphatic carbocycles. The Hall–Kier alpha value is -1.27. The first-order chi connectivity index (χ1) is 9.24. The molecule has 0 bridgehead atoms. The average molecular weight is 326 g/mol. The van der Waals surface area contributed by atoms with Gasteiger partial charge in [-0.2, -0.15) is 4.98 Å².